The highest BCUT2D eigenvalue weighted by atomic mass is 32.2. The van der Waals surface area contributed by atoms with Gasteiger partial charge in [-0.3, -0.25) is 4.99 Å². The van der Waals surface area contributed by atoms with Crippen LogP contribution in [0.3, 0.4) is 0 Å². The molecule has 0 spiro atoms. The highest BCUT2D eigenvalue weighted by molar-refractivity contribution is 7.99. The summed E-state index contributed by atoms with van der Waals surface area (Å²) in [5.41, 5.74) is 0. The Balaban J connectivity index is 2.25. The van der Waals surface area contributed by atoms with Crippen molar-refractivity contribution in [3.8, 4) is 0 Å². The molecule has 0 saturated carbocycles. The number of aliphatic imine (C=N–C) groups is 1. The third kappa shape index (κ3) is 7.41. The molecule has 0 aromatic carbocycles. The summed E-state index contributed by atoms with van der Waals surface area (Å²) in [5.74, 6) is 4.80. The van der Waals surface area contributed by atoms with Crippen LogP contribution >= 0.6 is 23.5 Å². The summed E-state index contributed by atoms with van der Waals surface area (Å²) in [6, 6.07) is 0.604. The zero-order valence-corrected chi connectivity index (χ0v) is 13.3. The van der Waals surface area contributed by atoms with Crippen LogP contribution in [0.2, 0.25) is 0 Å². The molecule has 1 heterocycles. The van der Waals surface area contributed by atoms with Crippen LogP contribution in [-0.4, -0.2) is 48.6 Å². The first-order chi connectivity index (χ1) is 8.86. The summed E-state index contributed by atoms with van der Waals surface area (Å²) in [5, 5.41) is 6.91. The lowest BCUT2D eigenvalue weighted by atomic mass is 10.2. The van der Waals surface area contributed by atoms with Crippen molar-refractivity contribution in [3.05, 3.63) is 0 Å². The Hall–Kier alpha value is -0.0300. The van der Waals surface area contributed by atoms with Gasteiger partial charge in [0.25, 0.3) is 0 Å². The van der Waals surface area contributed by atoms with Crippen molar-refractivity contribution < 1.29 is 0 Å². The molecular weight excluding hydrogens is 262 g/mol. The number of nitrogens with one attached hydrogen (secondary N) is 2. The first-order valence-corrected chi connectivity index (χ1v) is 9.53. The Labute approximate surface area is 120 Å². The SMILES string of the molecule is CCNC(=NCCCCSC)NC1CCCSC1. The summed E-state index contributed by atoms with van der Waals surface area (Å²) < 4.78 is 0. The van der Waals surface area contributed by atoms with Gasteiger partial charge in [-0.25, -0.2) is 0 Å². The lowest BCUT2D eigenvalue weighted by molar-refractivity contribution is 0.581. The Kier molecular flexibility index (Phi) is 9.66. The minimum Gasteiger partial charge on any atom is -0.357 e. The molecule has 3 nitrogen and oxygen atoms in total. The van der Waals surface area contributed by atoms with E-state index in [4.69, 9.17) is 0 Å². The van der Waals surface area contributed by atoms with Gasteiger partial charge in [-0.2, -0.15) is 23.5 Å². The third-order valence-corrected chi connectivity index (χ3v) is 4.78. The summed E-state index contributed by atoms with van der Waals surface area (Å²) in [6.45, 7) is 4.01. The second kappa shape index (κ2) is 10.9. The topological polar surface area (TPSA) is 36.4 Å². The number of hydrogen-bond acceptors (Lipinski definition) is 3. The number of thioether (sulfide) groups is 2. The fourth-order valence-electron chi connectivity index (χ4n) is 1.92. The monoisotopic (exact) mass is 289 g/mol. The predicted molar refractivity (Wildman–Crippen MR) is 87.1 cm³/mol. The van der Waals surface area contributed by atoms with Crippen molar-refractivity contribution in [1.29, 1.82) is 0 Å². The van der Waals surface area contributed by atoms with E-state index >= 15 is 0 Å². The minimum atomic E-state index is 0.604. The molecule has 1 saturated heterocycles. The van der Waals surface area contributed by atoms with E-state index < -0.39 is 0 Å². The molecule has 1 aliphatic heterocycles. The summed E-state index contributed by atoms with van der Waals surface area (Å²) >= 11 is 3.97. The van der Waals surface area contributed by atoms with Gasteiger partial charge in [0, 0.05) is 24.9 Å². The van der Waals surface area contributed by atoms with Crippen molar-refractivity contribution in [1.82, 2.24) is 10.6 Å². The highest BCUT2D eigenvalue weighted by Crippen LogP contribution is 2.16. The molecule has 2 N–H and O–H groups in total. The predicted octanol–water partition coefficient (Wildman–Crippen LogP) is 2.58. The fraction of sp³-hybridized carbons (Fsp3) is 0.923. The van der Waals surface area contributed by atoms with Crippen molar-refractivity contribution in [2.45, 2.75) is 38.6 Å². The first kappa shape index (κ1) is 16.0. The van der Waals surface area contributed by atoms with Crippen molar-refractivity contribution in [2.75, 3.05) is 36.6 Å². The standard InChI is InChI=1S/C13H27N3S2/c1-3-14-13(15-8-4-5-9-17-2)16-12-7-6-10-18-11-12/h12H,3-11H2,1-2H3,(H2,14,15,16). The van der Waals surface area contributed by atoms with E-state index in [1.54, 1.807) is 0 Å². The Morgan fingerprint density at radius 1 is 1.44 bits per heavy atom. The van der Waals surface area contributed by atoms with Crippen molar-refractivity contribution in [2.24, 2.45) is 4.99 Å². The van der Waals surface area contributed by atoms with Crippen molar-refractivity contribution >= 4 is 29.5 Å². The molecule has 0 amide bonds. The van der Waals surface area contributed by atoms with E-state index in [1.165, 1.54) is 42.9 Å². The lowest BCUT2D eigenvalue weighted by Crippen LogP contribution is -2.45. The molecule has 0 bridgehead atoms. The molecule has 5 heteroatoms. The van der Waals surface area contributed by atoms with Crippen LogP contribution in [0.25, 0.3) is 0 Å². The van der Waals surface area contributed by atoms with Gasteiger partial charge < -0.3 is 10.6 Å². The summed E-state index contributed by atoms with van der Waals surface area (Å²) in [6.07, 6.45) is 7.23. The number of guanidine groups is 1. The molecule has 18 heavy (non-hydrogen) atoms. The fourth-order valence-corrected chi connectivity index (χ4v) is 3.48. The van der Waals surface area contributed by atoms with Crippen LogP contribution in [0.1, 0.15) is 32.6 Å². The molecule has 1 aliphatic rings. The van der Waals surface area contributed by atoms with Gasteiger partial charge in [0.1, 0.15) is 0 Å². The smallest absolute Gasteiger partial charge is 0.191 e. The maximum Gasteiger partial charge on any atom is 0.191 e. The van der Waals surface area contributed by atoms with Gasteiger partial charge in [0.15, 0.2) is 5.96 Å². The average molecular weight is 290 g/mol. The van der Waals surface area contributed by atoms with Gasteiger partial charge in [-0.15, -0.1) is 0 Å². The van der Waals surface area contributed by atoms with E-state index in [0.717, 1.165) is 19.0 Å². The zero-order chi connectivity index (χ0) is 13.1. The van der Waals surface area contributed by atoms with Crippen LogP contribution in [0.15, 0.2) is 4.99 Å². The maximum absolute atomic E-state index is 4.66. The second-order valence-corrected chi connectivity index (χ2v) is 6.65. The van der Waals surface area contributed by atoms with Crippen molar-refractivity contribution in [3.63, 3.8) is 0 Å². The van der Waals surface area contributed by atoms with Crippen LogP contribution < -0.4 is 10.6 Å². The average Bonchev–Trinajstić information content (AvgIpc) is 2.40. The minimum absolute atomic E-state index is 0.604. The van der Waals surface area contributed by atoms with Crippen LogP contribution in [0.5, 0.6) is 0 Å². The number of hydrogen-bond donors (Lipinski definition) is 2. The van der Waals surface area contributed by atoms with Crippen LogP contribution in [0, 0.1) is 0 Å². The van der Waals surface area contributed by atoms with E-state index in [1.807, 2.05) is 11.8 Å². The quantitative estimate of drug-likeness (QED) is 0.429. The molecule has 0 aliphatic carbocycles. The van der Waals surface area contributed by atoms with E-state index in [0.29, 0.717) is 6.04 Å². The third-order valence-electron chi connectivity index (χ3n) is 2.87. The van der Waals surface area contributed by atoms with Gasteiger partial charge in [0.2, 0.25) is 0 Å². The second-order valence-electron chi connectivity index (χ2n) is 4.52. The molecule has 1 atom stereocenters. The molecule has 1 unspecified atom stereocenters. The van der Waals surface area contributed by atoms with Gasteiger partial charge in [-0.1, -0.05) is 0 Å². The van der Waals surface area contributed by atoms with Gasteiger partial charge in [0.05, 0.1) is 0 Å². The largest absolute Gasteiger partial charge is 0.357 e. The van der Waals surface area contributed by atoms with E-state index in [9.17, 15) is 0 Å². The Morgan fingerprint density at radius 2 is 2.33 bits per heavy atom. The van der Waals surface area contributed by atoms with Crippen LogP contribution in [-0.2, 0) is 0 Å². The summed E-state index contributed by atoms with van der Waals surface area (Å²) in [4.78, 5) is 4.66. The lowest BCUT2D eigenvalue weighted by Gasteiger charge is -2.24. The highest BCUT2D eigenvalue weighted by Gasteiger charge is 2.14. The maximum atomic E-state index is 4.66. The van der Waals surface area contributed by atoms with Crippen LogP contribution in [0.4, 0.5) is 0 Å². The molecule has 106 valence electrons. The number of unbranched alkanes of at least 4 members (excludes halogenated alkanes) is 1. The molecule has 0 radical (unpaired) electrons. The molecule has 0 aromatic heterocycles. The molecule has 0 aromatic rings. The number of rotatable bonds is 7. The number of nitrogens with zero attached hydrogens (tertiary/aromatic N) is 1. The normalized spacial score (nSPS) is 20.8. The zero-order valence-electron chi connectivity index (χ0n) is 11.7. The van der Waals surface area contributed by atoms with Gasteiger partial charge in [-0.05, 0) is 50.4 Å². The Bertz CT molecular complexity index is 228. The van der Waals surface area contributed by atoms with E-state index in [-0.39, 0.29) is 0 Å². The molecule has 1 fully saturated rings. The Morgan fingerprint density at radius 3 is 3.00 bits per heavy atom. The summed E-state index contributed by atoms with van der Waals surface area (Å²) in [7, 11) is 0. The van der Waals surface area contributed by atoms with E-state index in [2.05, 4.69) is 40.6 Å². The molecular formula is C13H27N3S2. The first-order valence-electron chi connectivity index (χ1n) is 6.98. The molecule has 1 rings (SSSR count). The van der Waals surface area contributed by atoms with Gasteiger partial charge >= 0.3 is 0 Å².